The molecule has 11 heteroatoms. The molecule has 2 N–H and O–H groups in total. The number of carboxylic acid groups (broad SMARTS) is 1. The largest absolute Gasteiger partial charge is 0.497 e. The monoisotopic (exact) mass is 571 g/mol. The van der Waals surface area contributed by atoms with Gasteiger partial charge in [-0.05, 0) is 54.6 Å². The first-order valence-electron chi connectivity index (χ1n) is 10.7. The second kappa shape index (κ2) is 12.5. The van der Waals surface area contributed by atoms with E-state index in [1.165, 1.54) is 50.6 Å². The summed E-state index contributed by atoms with van der Waals surface area (Å²) >= 11 is 3.27. The summed E-state index contributed by atoms with van der Waals surface area (Å²) in [5.74, 6) is -4.16. The van der Waals surface area contributed by atoms with Crippen LogP contribution in [0.1, 0.15) is 20.7 Å². The molecule has 192 valence electrons. The minimum absolute atomic E-state index is 0.0112. The summed E-state index contributed by atoms with van der Waals surface area (Å²) in [5.41, 5.74) is 0.240. The van der Waals surface area contributed by atoms with Gasteiger partial charge in [-0.3, -0.25) is 4.79 Å². The van der Waals surface area contributed by atoms with Gasteiger partial charge in [0.05, 0.1) is 25.3 Å². The lowest BCUT2D eigenvalue weighted by molar-refractivity contribution is -0.157. The number of aliphatic carboxylic acids is 1. The molecule has 3 aromatic rings. The summed E-state index contributed by atoms with van der Waals surface area (Å²) in [7, 11) is 2.79. The Balaban J connectivity index is 1.93. The highest BCUT2D eigenvalue weighted by Gasteiger charge is 2.41. The van der Waals surface area contributed by atoms with E-state index in [0.29, 0.717) is 16.0 Å². The zero-order chi connectivity index (χ0) is 26.9. The highest BCUT2D eigenvalue weighted by molar-refractivity contribution is 9.10. The molecule has 1 amide bonds. The minimum Gasteiger partial charge on any atom is -0.497 e. The summed E-state index contributed by atoms with van der Waals surface area (Å²) in [6.45, 7) is 0. The van der Waals surface area contributed by atoms with Crippen LogP contribution in [-0.2, 0) is 19.1 Å². The molecule has 37 heavy (non-hydrogen) atoms. The summed E-state index contributed by atoms with van der Waals surface area (Å²) < 4.78 is 21.3. The van der Waals surface area contributed by atoms with Gasteiger partial charge in [-0.25, -0.2) is 14.4 Å². The van der Waals surface area contributed by atoms with Crippen molar-refractivity contribution in [3.05, 3.63) is 88.4 Å². The number of carboxylic acids is 1. The maximum Gasteiger partial charge on any atom is 0.349 e. The number of amides is 1. The van der Waals surface area contributed by atoms with E-state index in [2.05, 4.69) is 21.2 Å². The fraction of sp³-hybridized carbons (Fsp3) is 0.154. The summed E-state index contributed by atoms with van der Waals surface area (Å²) in [6, 6.07) is 18.1. The summed E-state index contributed by atoms with van der Waals surface area (Å²) in [6.07, 6.45) is -4.23. The maximum absolute atomic E-state index is 13.2. The number of hydrogen-bond donors (Lipinski definition) is 2. The van der Waals surface area contributed by atoms with Crippen LogP contribution in [0.25, 0.3) is 0 Å². The molecule has 10 nitrogen and oxygen atoms in total. The first-order valence-corrected chi connectivity index (χ1v) is 11.5. The van der Waals surface area contributed by atoms with E-state index in [4.69, 9.17) is 18.9 Å². The minimum atomic E-state index is -2.18. The number of rotatable bonds is 10. The van der Waals surface area contributed by atoms with Crippen molar-refractivity contribution >= 4 is 45.4 Å². The van der Waals surface area contributed by atoms with Gasteiger partial charge in [-0.15, -0.1) is 0 Å². The van der Waals surface area contributed by atoms with Gasteiger partial charge in [0, 0.05) is 10.2 Å². The molecule has 0 aliphatic carbocycles. The number of ether oxygens (including phenoxy) is 4. The van der Waals surface area contributed by atoms with Crippen molar-refractivity contribution in [2.45, 2.75) is 12.2 Å². The van der Waals surface area contributed by atoms with Crippen LogP contribution in [0.15, 0.2) is 77.3 Å². The molecule has 0 bridgehead atoms. The highest BCUT2D eigenvalue weighted by Crippen LogP contribution is 2.21. The van der Waals surface area contributed by atoms with Gasteiger partial charge >= 0.3 is 17.9 Å². The lowest BCUT2D eigenvalue weighted by Crippen LogP contribution is -2.48. The molecule has 0 radical (unpaired) electrons. The van der Waals surface area contributed by atoms with Crippen molar-refractivity contribution in [2.75, 3.05) is 19.5 Å². The average Bonchev–Trinajstić information content (AvgIpc) is 2.90. The molecule has 0 aliphatic rings. The summed E-state index contributed by atoms with van der Waals surface area (Å²) in [4.78, 5) is 51.0. The standard InChI is InChI=1S/C26H22BrNO9/c1-34-19-10-3-6-15(12-19)25(32)36-21(23(29)28-18-9-5-8-17(27)14-18)22(24(30)31)37-26(33)16-7-4-11-20(13-16)35-2/h3-14,21-22H,1-2H3,(H,28,29)(H,30,31)/t21-,22-/m0/s1. The Labute approximate surface area is 220 Å². The van der Waals surface area contributed by atoms with Crippen molar-refractivity contribution in [3.8, 4) is 11.5 Å². The lowest BCUT2D eigenvalue weighted by atomic mass is 10.1. The van der Waals surface area contributed by atoms with Gasteiger partial charge in [-0.2, -0.15) is 0 Å². The lowest BCUT2D eigenvalue weighted by Gasteiger charge is -2.23. The third kappa shape index (κ3) is 7.31. The van der Waals surface area contributed by atoms with E-state index >= 15 is 0 Å². The molecule has 0 spiro atoms. The quantitative estimate of drug-likeness (QED) is 0.346. The molecule has 3 aromatic carbocycles. The van der Waals surface area contributed by atoms with Crippen LogP contribution in [0.2, 0.25) is 0 Å². The van der Waals surface area contributed by atoms with Gasteiger partial charge in [0.1, 0.15) is 11.5 Å². The third-order valence-electron chi connectivity index (χ3n) is 4.95. The van der Waals surface area contributed by atoms with Crippen LogP contribution < -0.4 is 14.8 Å². The van der Waals surface area contributed by atoms with Gasteiger partial charge in [0.15, 0.2) is 0 Å². The highest BCUT2D eigenvalue weighted by atomic mass is 79.9. The number of hydrogen-bond acceptors (Lipinski definition) is 8. The van der Waals surface area contributed by atoms with E-state index in [9.17, 15) is 24.3 Å². The first kappa shape index (κ1) is 27.2. The van der Waals surface area contributed by atoms with E-state index < -0.39 is 36.0 Å². The van der Waals surface area contributed by atoms with E-state index in [1.807, 2.05) is 0 Å². The van der Waals surface area contributed by atoms with E-state index in [1.54, 1.807) is 36.4 Å². The molecular weight excluding hydrogens is 550 g/mol. The predicted octanol–water partition coefficient (Wildman–Crippen LogP) is 3.94. The Morgan fingerprint density at radius 2 is 1.27 bits per heavy atom. The number of halogens is 1. The van der Waals surface area contributed by atoms with Gasteiger partial charge in [0.2, 0.25) is 12.2 Å². The Bertz CT molecular complexity index is 1310. The normalized spacial score (nSPS) is 12.0. The van der Waals surface area contributed by atoms with Crippen molar-refractivity contribution in [3.63, 3.8) is 0 Å². The van der Waals surface area contributed by atoms with E-state index in [-0.39, 0.29) is 16.8 Å². The molecule has 0 unspecified atom stereocenters. The van der Waals surface area contributed by atoms with Crippen molar-refractivity contribution < 1.29 is 43.2 Å². The van der Waals surface area contributed by atoms with Crippen LogP contribution in [0.4, 0.5) is 5.69 Å². The van der Waals surface area contributed by atoms with Crippen LogP contribution >= 0.6 is 15.9 Å². The Hall–Kier alpha value is -4.38. The molecule has 3 rings (SSSR count). The second-order valence-corrected chi connectivity index (χ2v) is 8.37. The van der Waals surface area contributed by atoms with Crippen molar-refractivity contribution in [1.29, 1.82) is 0 Å². The Kier molecular flexibility index (Phi) is 9.22. The number of carbonyl (C=O) groups excluding carboxylic acids is 3. The van der Waals surface area contributed by atoms with Crippen molar-refractivity contribution in [2.24, 2.45) is 0 Å². The fourth-order valence-corrected chi connectivity index (χ4v) is 3.54. The van der Waals surface area contributed by atoms with Crippen LogP contribution in [0.5, 0.6) is 11.5 Å². The Morgan fingerprint density at radius 1 is 0.757 bits per heavy atom. The maximum atomic E-state index is 13.2. The van der Waals surface area contributed by atoms with E-state index in [0.717, 1.165) is 0 Å². The smallest absolute Gasteiger partial charge is 0.349 e. The number of esters is 2. The number of nitrogens with one attached hydrogen (secondary N) is 1. The SMILES string of the molecule is COc1cccc(C(=O)O[C@H](C(=O)O)[C@H](OC(=O)c2cccc(OC)c2)C(=O)Nc2cccc(Br)c2)c1. The Morgan fingerprint density at radius 3 is 1.76 bits per heavy atom. The topological polar surface area (TPSA) is 137 Å². The van der Waals surface area contributed by atoms with Gasteiger partial charge < -0.3 is 29.4 Å². The molecule has 0 aliphatic heterocycles. The van der Waals surface area contributed by atoms with Crippen LogP contribution in [-0.4, -0.2) is 55.3 Å². The first-order chi connectivity index (χ1) is 17.7. The molecule has 0 saturated carbocycles. The van der Waals surface area contributed by atoms with Gasteiger partial charge in [-0.1, -0.05) is 34.1 Å². The number of carbonyl (C=O) groups is 4. The molecule has 0 aromatic heterocycles. The number of methoxy groups -OCH3 is 2. The van der Waals surface area contributed by atoms with Crippen LogP contribution in [0.3, 0.4) is 0 Å². The van der Waals surface area contributed by atoms with Crippen molar-refractivity contribution in [1.82, 2.24) is 0 Å². The third-order valence-corrected chi connectivity index (χ3v) is 5.44. The zero-order valence-electron chi connectivity index (χ0n) is 19.7. The molecule has 0 saturated heterocycles. The molecule has 0 fully saturated rings. The van der Waals surface area contributed by atoms with Crippen LogP contribution in [0, 0.1) is 0 Å². The summed E-state index contributed by atoms with van der Waals surface area (Å²) in [5, 5.41) is 12.3. The predicted molar refractivity (Wildman–Crippen MR) is 135 cm³/mol. The fourth-order valence-electron chi connectivity index (χ4n) is 3.14. The average molecular weight is 572 g/mol. The molecule has 0 heterocycles. The number of anilines is 1. The van der Waals surface area contributed by atoms with Gasteiger partial charge in [0.25, 0.3) is 5.91 Å². The number of benzene rings is 3. The molecular formula is C26H22BrNO9. The zero-order valence-corrected chi connectivity index (χ0v) is 21.3. The molecule has 2 atom stereocenters. The second-order valence-electron chi connectivity index (χ2n) is 7.45.